The molecular weight excluding hydrogens is 262 g/mol. The van der Waals surface area contributed by atoms with Crippen LogP contribution >= 0.6 is 11.3 Å². The van der Waals surface area contributed by atoms with E-state index in [1.165, 1.54) is 11.3 Å². The number of aromatic nitrogens is 4. The maximum atomic E-state index is 12.2. The van der Waals surface area contributed by atoms with Crippen LogP contribution in [0.2, 0.25) is 0 Å². The minimum absolute atomic E-state index is 0.0421. The van der Waals surface area contributed by atoms with Crippen LogP contribution in [0.4, 0.5) is 5.82 Å². The van der Waals surface area contributed by atoms with Crippen molar-refractivity contribution >= 4 is 27.4 Å². The fraction of sp³-hybridized carbons (Fsp3) is 0.167. The minimum Gasteiger partial charge on any atom is -0.372 e. The molecule has 7 heteroatoms. The van der Waals surface area contributed by atoms with Crippen LogP contribution in [0.15, 0.2) is 35.0 Å². The molecule has 3 aromatic rings. The fourth-order valence-corrected chi connectivity index (χ4v) is 2.52. The zero-order chi connectivity index (χ0) is 13.2. The van der Waals surface area contributed by atoms with E-state index < -0.39 is 0 Å². The van der Waals surface area contributed by atoms with E-state index in [0.717, 1.165) is 11.2 Å². The van der Waals surface area contributed by atoms with Gasteiger partial charge < -0.3 is 5.32 Å². The highest BCUT2D eigenvalue weighted by molar-refractivity contribution is 7.17. The van der Waals surface area contributed by atoms with Crippen LogP contribution in [-0.4, -0.2) is 26.6 Å². The Hall–Kier alpha value is -2.28. The topological polar surface area (TPSA) is 72.7 Å². The van der Waals surface area contributed by atoms with E-state index in [-0.39, 0.29) is 5.56 Å². The molecule has 0 atom stereocenters. The number of nitrogens with one attached hydrogen (secondary N) is 1. The minimum atomic E-state index is -0.0421. The molecule has 0 fully saturated rings. The maximum absolute atomic E-state index is 12.2. The molecule has 0 aromatic carbocycles. The third-order valence-electron chi connectivity index (χ3n) is 2.73. The molecule has 0 aliphatic heterocycles. The molecule has 96 valence electrons. The van der Waals surface area contributed by atoms with Gasteiger partial charge in [-0.15, -0.1) is 11.3 Å². The van der Waals surface area contributed by atoms with Gasteiger partial charge in [-0.2, -0.15) is 0 Å². The molecule has 0 unspecified atom stereocenters. The average molecular weight is 273 g/mol. The third-order valence-corrected chi connectivity index (χ3v) is 3.62. The van der Waals surface area contributed by atoms with E-state index >= 15 is 0 Å². The number of nitrogens with zero attached hydrogens (tertiary/aromatic N) is 4. The lowest BCUT2D eigenvalue weighted by Gasteiger charge is -2.05. The molecule has 6 nitrogen and oxygen atoms in total. The van der Waals surface area contributed by atoms with Crippen LogP contribution in [0.5, 0.6) is 0 Å². The van der Waals surface area contributed by atoms with Gasteiger partial charge in [0.1, 0.15) is 10.5 Å². The zero-order valence-corrected chi connectivity index (χ0v) is 11.0. The summed E-state index contributed by atoms with van der Waals surface area (Å²) in [6, 6.07) is 1.84. The van der Waals surface area contributed by atoms with Gasteiger partial charge in [0.2, 0.25) is 0 Å². The fourth-order valence-electron chi connectivity index (χ4n) is 1.73. The molecule has 0 aliphatic carbocycles. The lowest BCUT2D eigenvalue weighted by molar-refractivity contribution is 0.727. The Labute approximate surface area is 112 Å². The van der Waals surface area contributed by atoms with Gasteiger partial charge in [-0.25, -0.2) is 9.97 Å². The van der Waals surface area contributed by atoms with Crippen molar-refractivity contribution in [3.05, 3.63) is 46.2 Å². The highest BCUT2D eigenvalue weighted by Crippen LogP contribution is 2.13. The van der Waals surface area contributed by atoms with E-state index in [9.17, 15) is 4.79 Å². The van der Waals surface area contributed by atoms with Crippen LogP contribution in [0, 0.1) is 0 Å². The van der Waals surface area contributed by atoms with E-state index in [2.05, 4.69) is 20.3 Å². The van der Waals surface area contributed by atoms with Gasteiger partial charge in [-0.1, -0.05) is 0 Å². The molecule has 0 saturated heterocycles. The summed E-state index contributed by atoms with van der Waals surface area (Å²) in [5.74, 6) is 0.697. The first-order valence-electron chi connectivity index (χ1n) is 5.69. The number of fused-ring (bicyclic) bond motifs is 1. The van der Waals surface area contributed by atoms with Crippen LogP contribution in [-0.2, 0) is 6.54 Å². The SMILES string of the molecule is CNc1cnc(Cn2cnc3ccsc3c2=O)cn1. The molecule has 0 aliphatic rings. The highest BCUT2D eigenvalue weighted by Gasteiger charge is 2.06. The van der Waals surface area contributed by atoms with Crippen molar-refractivity contribution in [2.45, 2.75) is 6.54 Å². The number of thiophene rings is 1. The van der Waals surface area contributed by atoms with Crippen LogP contribution in [0.1, 0.15) is 5.69 Å². The van der Waals surface area contributed by atoms with Gasteiger partial charge in [0.15, 0.2) is 0 Å². The van der Waals surface area contributed by atoms with Crippen molar-refractivity contribution < 1.29 is 0 Å². The Morgan fingerprint density at radius 2 is 2.21 bits per heavy atom. The average Bonchev–Trinajstić information content (AvgIpc) is 2.92. The van der Waals surface area contributed by atoms with Gasteiger partial charge in [0.05, 0.1) is 36.5 Å². The second-order valence-corrected chi connectivity index (χ2v) is 4.87. The summed E-state index contributed by atoms with van der Waals surface area (Å²) in [5, 5.41) is 4.76. The molecular formula is C12H11N5OS. The van der Waals surface area contributed by atoms with Gasteiger partial charge in [-0.3, -0.25) is 14.3 Å². The number of rotatable bonds is 3. The smallest absolute Gasteiger partial charge is 0.271 e. The summed E-state index contributed by atoms with van der Waals surface area (Å²) in [4.78, 5) is 24.8. The first kappa shape index (κ1) is 11.8. The molecule has 0 saturated carbocycles. The molecule has 19 heavy (non-hydrogen) atoms. The molecule has 0 spiro atoms. The lowest BCUT2D eigenvalue weighted by atomic mass is 10.4. The molecule has 1 N–H and O–H groups in total. The van der Waals surface area contributed by atoms with Crippen LogP contribution in [0.25, 0.3) is 10.2 Å². The Morgan fingerprint density at radius 3 is 2.95 bits per heavy atom. The van der Waals surface area contributed by atoms with Crippen LogP contribution < -0.4 is 10.9 Å². The quantitative estimate of drug-likeness (QED) is 0.779. The van der Waals surface area contributed by atoms with Crippen molar-refractivity contribution in [1.82, 2.24) is 19.5 Å². The van der Waals surface area contributed by atoms with Gasteiger partial charge in [0, 0.05) is 7.05 Å². The predicted octanol–water partition coefficient (Wildman–Crippen LogP) is 1.34. The molecule has 0 amide bonds. The number of hydrogen-bond donors (Lipinski definition) is 1. The summed E-state index contributed by atoms with van der Waals surface area (Å²) in [6.07, 6.45) is 4.83. The van der Waals surface area contributed by atoms with Gasteiger partial charge >= 0.3 is 0 Å². The zero-order valence-electron chi connectivity index (χ0n) is 10.2. The van der Waals surface area contributed by atoms with Crippen molar-refractivity contribution in [2.75, 3.05) is 12.4 Å². The first-order chi connectivity index (χ1) is 9.28. The highest BCUT2D eigenvalue weighted by atomic mass is 32.1. The summed E-state index contributed by atoms with van der Waals surface area (Å²) >= 11 is 1.40. The molecule has 3 rings (SSSR count). The van der Waals surface area contributed by atoms with Gasteiger partial charge in [0.25, 0.3) is 5.56 Å². The Kier molecular flexibility index (Phi) is 2.96. The van der Waals surface area contributed by atoms with Crippen LogP contribution in [0.3, 0.4) is 0 Å². The van der Waals surface area contributed by atoms with Crippen molar-refractivity contribution in [3.8, 4) is 0 Å². The molecule has 3 aromatic heterocycles. The Balaban J connectivity index is 1.95. The Bertz CT molecular complexity index is 762. The summed E-state index contributed by atoms with van der Waals surface area (Å²) in [6.45, 7) is 0.372. The summed E-state index contributed by atoms with van der Waals surface area (Å²) in [7, 11) is 1.78. The second kappa shape index (κ2) is 4.77. The van der Waals surface area contributed by atoms with Crippen molar-refractivity contribution in [2.24, 2.45) is 0 Å². The summed E-state index contributed by atoms with van der Waals surface area (Å²) < 4.78 is 2.21. The number of anilines is 1. The standard InChI is InChI=1S/C12H11N5OS/c1-13-10-5-14-8(4-15-10)6-17-7-16-9-2-3-19-11(9)12(17)18/h2-5,7H,6H2,1H3,(H,13,15). The molecule has 0 radical (unpaired) electrons. The summed E-state index contributed by atoms with van der Waals surface area (Å²) in [5.41, 5.74) is 1.42. The van der Waals surface area contributed by atoms with Gasteiger partial charge in [-0.05, 0) is 11.4 Å². The largest absolute Gasteiger partial charge is 0.372 e. The lowest BCUT2D eigenvalue weighted by Crippen LogP contribution is -2.20. The van der Waals surface area contributed by atoms with Crippen molar-refractivity contribution in [1.29, 1.82) is 0 Å². The van der Waals surface area contributed by atoms with E-state index in [1.807, 2.05) is 11.4 Å². The first-order valence-corrected chi connectivity index (χ1v) is 6.57. The monoisotopic (exact) mass is 273 g/mol. The number of hydrogen-bond acceptors (Lipinski definition) is 6. The molecule has 0 bridgehead atoms. The van der Waals surface area contributed by atoms with E-state index in [1.54, 1.807) is 30.3 Å². The molecule has 3 heterocycles. The second-order valence-electron chi connectivity index (χ2n) is 3.96. The predicted molar refractivity (Wildman–Crippen MR) is 74.6 cm³/mol. The normalized spacial score (nSPS) is 10.8. The van der Waals surface area contributed by atoms with Crippen molar-refractivity contribution in [3.63, 3.8) is 0 Å². The van der Waals surface area contributed by atoms with E-state index in [4.69, 9.17) is 0 Å². The Morgan fingerprint density at radius 1 is 1.32 bits per heavy atom. The third kappa shape index (κ3) is 2.19. The maximum Gasteiger partial charge on any atom is 0.271 e. The van der Waals surface area contributed by atoms with E-state index in [0.29, 0.717) is 17.1 Å².